The van der Waals surface area contributed by atoms with Gasteiger partial charge in [0.25, 0.3) is 0 Å². The number of rotatable bonds is 7. The van der Waals surface area contributed by atoms with Gasteiger partial charge in [-0.05, 0) is 48.9 Å². The molecule has 2 aromatic rings. The van der Waals surface area contributed by atoms with Crippen molar-refractivity contribution >= 4 is 33.2 Å². The van der Waals surface area contributed by atoms with Crippen molar-refractivity contribution in [3.8, 4) is 5.75 Å². The molecule has 0 saturated carbocycles. The molecule has 0 fully saturated rings. The fourth-order valence-electron chi connectivity index (χ4n) is 2.09. The minimum Gasteiger partial charge on any atom is -0.497 e. The molecule has 0 aliphatic carbocycles. The third-order valence-corrected chi connectivity index (χ3v) is 5.44. The lowest BCUT2D eigenvalue weighted by Crippen LogP contribution is -2.28. The summed E-state index contributed by atoms with van der Waals surface area (Å²) in [5.74, 6) is 0.262. The molecule has 0 aromatic heterocycles. The zero-order chi connectivity index (χ0) is 18.4. The molecular formula is C17H19ClN2O4S. The first-order chi connectivity index (χ1) is 11.8. The maximum atomic E-state index is 12.2. The first kappa shape index (κ1) is 19.2. The van der Waals surface area contributed by atoms with Crippen molar-refractivity contribution in [3.63, 3.8) is 0 Å². The summed E-state index contributed by atoms with van der Waals surface area (Å²) in [6.07, 6.45) is 0.00133. The molecule has 25 heavy (non-hydrogen) atoms. The first-order valence-electron chi connectivity index (χ1n) is 7.52. The number of benzene rings is 2. The van der Waals surface area contributed by atoms with E-state index in [0.29, 0.717) is 16.5 Å². The van der Waals surface area contributed by atoms with Gasteiger partial charge >= 0.3 is 0 Å². The molecule has 8 heteroatoms. The highest BCUT2D eigenvalue weighted by Crippen LogP contribution is 2.23. The van der Waals surface area contributed by atoms with E-state index in [2.05, 4.69) is 10.0 Å². The monoisotopic (exact) mass is 382 g/mol. The van der Waals surface area contributed by atoms with Gasteiger partial charge in [-0.1, -0.05) is 17.7 Å². The third-order valence-electron chi connectivity index (χ3n) is 3.56. The van der Waals surface area contributed by atoms with E-state index >= 15 is 0 Å². The molecule has 6 nitrogen and oxygen atoms in total. The molecule has 0 aliphatic heterocycles. The van der Waals surface area contributed by atoms with Gasteiger partial charge in [0.05, 0.1) is 12.0 Å². The average molecular weight is 383 g/mol. The molecule has 2 rings (SSSR count). The fraction of sp³-hybridized carbons (Fsp3) is 0.235. The number of methoxy groups -OCH3 is 1. The van der Waals surface area contributed by atoms with Crippen molar-refractivity contribution in [2.45, 2.75) is 18.2 Å². The largest absolute Gasteiger partial charge is 0.497 e. The summed E-state index contributed by atoms with van der Waals surface area (Å²) in [6.45, 7) is 1.78. The molecule has 0 bridgehead atoms. The van der Waals surface area contributed by atoms with Crippen LogP contribution in [-0.4, -0.2) is 28.0 Å². The molecule has 134 valence electrons. The van der Waals surface area contributed by atoms with E-state index in [0.717, 1.165) is 5.56 Å². The van der Waals surface area contributed by atoms with E-state index < -0.39 is 10.0 Å². The zero-order valence-electron chi connectivity index (χ0n) is 13.9. The number of halogens is 1. The Morgan fingerprint density at radius 3 is 2.48 bits per heavy atom. The smallest absolute Gasteiger partial charge is 0.240 e. The van der Waals surface area contributed by atoms with E-state index in [4.69, 9.17) is 16.3 Å². The SMILES string of the molecule is COc1ccc(S(=O)(=O)NCCC(=O)Nc2cccc(Cl)c2C)cc1. The molecule has 2 N–H and O–H groups in total. The second-order valence-electron chi connectivity index (χ2n) is 5.28. The number of amides is 1. The highest BCUT2D eigenvalue weighted by molar-refractivity contribution is 7.89. The van der Waals surface area contributed by atoms with Gasteiger partial charge in [0.2, 0.25) is 15.9 Å². The fourth-order valence-corrected chi connectivity index (χ4v) is 3.30. The topological polar surface area (TPSA) is 84.5 Å². The number of hydrogen-bond acceptors (Lipinski definition) is 4. The van der Waals surface area contributed by atoms with Crippen LogP contribution in [0.4, 0.5) is 5.69 Å². The van der Waals surface area contributed by atoms with Crippen LogP contribution in [-0.2, 0) is 14.8 Å². The van der Waals surface area contributed by atoms with Crippen LogP contribution in [0.15, 0.2) is 47.4 Å². The predicted octanol–water partition coefficient (Wildman–Crippen LogP) is 2.96. The standard InChI is InChI=1S/C17H19ClN2O4S/c1-12-15(18)4-3-5-16(12)20-17(21)10-11-19-25(22,23)14-8-6-13(24-2)7-9-14/h3-9,19H,10-11H2,1-2H3,(H,20,21). The Balaban J connectivity index is 1.90. The Bertz CT molecular complexity index is 851. The maximum Gasteiger partial charge on any atom is 0.240 e. The predicted molar refractivity (Wildman–Crippen MR) is 97.6 cm³/mol. The first-order valence-corrected chi connectivity index (χ1v) is 9.38. The number of carbonyl (C=O) groups is 1. The Hall–Kier alpha value is -2.09. The third kappa shape index (κ3) is 5.19. The van der Waals surface area contributed by atoms with Crippen LogP contribution in [0.2, 0.25) is 5.02 Å². The summed E-state index contributed by atoms with van der Waals surface area (Å²) in [4.78, 5) is 12.1. The summed E-state index contributed by atoms with van der Waals surface area (Å²) in [5, 5.41) is 3.27. The van der Waals surface area contributed by atoms with E-state index in [9.17, 15) is 13.2 Å². The molecule has 0 heterocycles. The molecule has 0 aliphatic rings. The summed E-state index contributed by atoms with van der Waals surface area (Å²) >= 11 is 6.00. The summed E-state index contributed by atoms with van der Waals surface area (Å²) in [6, 6.07) is 11.2. The van der Waals surface area contributed by atoms with Crippen LogP contribution in [0.1, 0.15) is 12.0 Å². The van der Waals surface area contributed by atoms with E-state index in [1.165, 1.54) is 19.2 Å². The maximum absolute atomic E-state index is 12.2. The van der Waals surface area contributed by atoms with Gasteiger partial charge in [0, 0.05) is 23.7 Å². The van der Waals surface area contributed by atoms with E-state index in [1.807, 2.05) is 0 Å². The lowest BCUT2D eigenvalue weighted by atomic mass is 10.2. The molecule has 0 atom stereocenters. The molecule has 0 spiro atoms. The van der Waals surface area contributed by atoms with Crippen molar-refractivity contribution in [1.82, 2.24) is 4.72 Å². The average Bonchev–Trinajstić information content (AvgIpc) is 2.59. The molecule has 0 unspecified atom stereocenters. The van der Waals surface area contributed by atoms with Crippen molar-refractivity contribution in [3.05, 3.63) is 53.1 Å². The number of sulfonamides is 1. The molecule has 0 saturated heterocycles. The Morgan fingerprint density at radius 1 is 1.16 bits per heavy atom. The molecule has 1 amide bonds. The van der Waals surface area contributed by atoms with Gasteiger partial charge in [-0.25, -0.2) is 13.1 Å². The van der Waals surface area contributed by atoms with Gasteiger partial charge in [-0.2, -0.15) is 0 Å². The molecule has 2 aromatic carbocycles. The normalized spacial score (nSPS) is 11.2. The van der Waals surface area contributed by atoms with E-state index in [-0.39, 0.29) is 23.8 Å². The highest BCUT2D eigenvalue weighted by Gasteiger charge is 2.14. The summed E-state index contributed by atoms with van der Waals surface area (Å²) < 4.78 is 31.7. The van der Waals surface area contributed by atoms with Gasteiger partial charge in [0.15, 0.2) is 0 Å². The summed E-state index contributed by atoms with van der Waals surface area (Å²) in [7, 11) is -2.17. The Labute approximate surface area is 152 Å². The number of anilines is 1. The second-order valence-corrected chi connectivity index (χ2v) is 7.46. The lowest BCUT2D eigenvalue weighted by Gasteiger charge is -2.10. The van der Waals surface area contributed by atoms with Gasteiger partial charge in [-0.3, -0.25) is 4.79 Å². The lowest BCUT2D eigenvalue weighted by molar-refractivity contribution is -0.116. The van der Waals surface area contributed by atoms with Gasteiger partial charge in [0.1, 0.15) is 5.75 Å². The van der Waals surface area contributed by atoms with Crippen LogP contribution in [0.25, 0.3) is 0 Å². The van der Waals surface area contributed by atoms with Crippen molar-refractivity contribution < 1.29 is 17.9 Å². The minimum atomic E-state index is -3.68. The molecule has 0 radical (unpaired) electrons. The number of nitrogens with one attached hydrogen (secondary N) is 2. The number of ether oxygens (including phenoxy) is 1. The Morgan fingerprint density at radius 2 is 1.84 bits per heavy atom. The van der Waals surface area contributed by atoms with Crippen LogP contribution >= 0.6 is 11.6 Å². The van der Waals surface area contributed by atoms with Gasteiger partial charge in [-0.15, -0.1) is 0 Å². The van der Waals surface area contributed by atoms with E-state index in [1.54, 1.807) is 37.3 Å². The van der Waals surface area contributed by atoms with Crippen molar-refractivity contribution in [1.29, 1.82) is 0 Å². The highest BCUT2D eigenvalue weighted by atomic mass is 35.5. The van der Waals surface area contributed by atoms with Crippen molar-refractivity contribution in [2.24, 2.45) is 0 Å². The Kier molecular flexibility index (Phi) is 6.41. The number of hydrogen-bond donors (Lipinski definition) is 2. The van der Waals surface area contributed by atoms with Crippen molar-refractivity contribution in [2.75, 3.05) is 19.0 Å². The van der Waals surface area contributed by atoms with Crippen LogP contribution in [0.5, 0.6) is 5.75 Å². The van der Waals surface area contributed by atoms with Gasteiger partial charge < -0.3 is 10.1 Å². The minimum absolute atomic E-state index is 0.00133. The van der Waals surface area contributed by atoms with Crippen LogP contribution in [0, 0.1) is 6.92 Å². The summed E-state index contributed by atoms with van der Waals surface area (Å²) in [5.41, 5.74) is 1.37. The van der Waals surface area contributed by atoms with Crippen LogP contribution in [0.3, 0.4) is 0 Å². The zero-order valence-corrected chi connectivity index (χ0v) is 15.4. The second kappa shape index (κ2) is 8.33. The molecular weight excluding hydrogens is 364 g/mol. The van der Waals surface area contributed by atoms with Crippen LogP contribution < -0.4 is 14.8 Å². The number of carbonyl (C=O) groups excluding carboxylic acids is 1. The quantitative estimate of drug-likeness (QED) is 0.771.